The van der Waals surface area contributed by atoms with Crippen LogP contribution in [0, 0.1) is 6.92 Å². The molecule has 0 amide bonds. The summed E-state index contributed by atoms with van der Waals surface area (Å²) in [6.45, 7) is 6.05. The van der Waals surface area contributed by atoms with Gasteiger partial charge in [0.15, 0.2) is 0 Å². The number of nitrogens with zero attached hydrogens (tertiary/aromatic N) is 2. The lowest BCUT2D eigenvalue weighted by Gasteiger charge is -2.14. The van der Waals surface area contributed by atoms with Crippen molar-refractivity contribution < 1.29 is 0 Å². The first-order valence-corrected chi connectivity index (χ1v) is 5.78. The molecule has 5 nitrogen and oxygen atoms in total. The molecule has 0 aliphatic carbocycles. The van der Waals surface area contributed by atoms with Gasteiger partial charge in [-0.05, 0) is 32.9 Å². The second-order valence-corrected chi connectivity index (χ2v) is 4.21. The fourth-order valence-electron chi connectivity index (χ4n) is 2.00. The van der Waals surface area contributed by atoms with Gasteiger partial charge >= 0.3 is 0 Å². The third-order valence-corrected chi connectivity index (χ3v) is 2.79. The highest BCUT2D eigenvalue weighted by Crippen LogP contribution is 2.06. The smallest absolute Gasteiger partial charge is 0.252 e. The number of hydrogen-bond acceptors (Lipinski definition) is 4. The van der Waals surface area contributed by atoms with Crippen LogP contribution in [-0.2, 0) is 0 Å². The fourth-order valence-corrected chi connectivity index (χ4v) is 2.00. The van der Waals surface area contributed by atoms with E-state index in [0.29, 0.717) is 5.95 Å². The Balaban J connectivity index is 1.82. The van der Waals surface area contributed by atoms with Crippen LogP contribution in [0.15, 0.2) is 10.9 Å². The number of anilines is 1. The van der Waals surface area contributed by atoms with Crippen molar-refractivity contribution in [2.45, 2.75) is 19.8 Å². The molecule has 0 spiro atoms. The summed E-state index contributed by atoms with van der Waals surface area (Å²) in [5, 5.41) is 3.14. The first-order valence-electron chi connectivity index (χ1n) is 5.78. The van der Waals surface area contributed by atoms with Crippen LogP contribution in [-0.4, -0.2) is 41.0 Å². The summed E-state index contributed by atoms with van der Waals surface area (Å²) in [6.07, 6.45) is 2.61. The van der Waals surface area contributed by atoms with Gasteiger partial charge in [0.25, 0.3) is 5.56 Å². The zero-order valence-corrected chi connectivity index (χ0v) is 9.62. The van der Waals surface area contributed by atoms with E-state index in [-0.39, 0.29) is 5.56 Å². The summed E-state index contributed by atoms with van der Waals surface area (Å²) >= 11 is 0. The molecule has 16 heavy (non-hydrogen) atoms. The minimum Gasteiger partial charge on any atom is -0.354 e. The summed E-state index contributed by atoms with van der Waals surface area (Å²) in [5.41, 5.74) is 0.642. The highest BCUT2D eigenvalue weighted by atomic mass is 16.1. The second-order valence-electron chi connectivity index (χ2n) is 4.21. The van der Waals surface area contributed by atoms with E-state index in [1.165, 1.54) is 32.0 Å². The van der Waals surface area contributed by atoms with Gasteiger partial charge in [-0.25, -0.2) is 4.98 Å². The number of H-pyrrole nitrogens is 1. The van der Waals surface area contributed by atoms with E-state index in [4.69, 9.17) is 0 Å². The summed E-state index contributed by atoms with van der Waals surface area (Å²) in [4.78, 5) is 20.5. The predicted octanol–water partition coefficient (Wildman–Crippen LogP) is 0.586. The molecule has 0 atom stereocenters. The van der Waals surface area contributed by atoms with Gasteiger partial charge in [0.1, 0.15) is 0 Å². The van der Waals surface area contributed by atoms with Crippen molar-refractivity contribution in [1.82, 2.24) is 14.9 Å². The molecule has 1 aliphatic heterocycles. The molecule has 5 heteroatoms. The monoisotopic (exact) mass is 222 g/mol. The SMILES string of the molecule is Cc1cc(=O)[nH]c(NCCN2CCCC2)n1. The van der Waals surface area contributed by atoms with Gasteiger partial charge in [0.2, 0.25) is 5.95 Å². The number of hydrogen-bond donors (Lipinski definition) is 2. The Morgan fingerprint density at radius 2 is 2.25 bits per heavy atom. The fraction of sp³-hybridized carbons (Fsp3) is 0.636. The van der Waals surface area contributed by atoms with Crippen LogP contribution in [0.25, 0.3) is 0 Å². The summed E-state index contributed by atoms with van der Waals surface area (Å²) < 4.78 is 0. The van der Waals surface area contributed by atoms with Gasteiger partial charge in [-0.2, -0.15) is 0 Å². The van der Waals surface area contributed by atoms with Crippen molar-refractivity contribution in [1.29, 1.82) is 0 Å². The summed E-state index contributed by atoms with van der Waals surface area (Å²) in [7, 11) is 0. The number of nitrogens with one attached hydrogen (secondary N) is 2. The molecular weight excluding hydrogens is 204 g/mol. The maximum Gasteiger partial charge on any atom is 0.252 e. The number of rotatable bonds is 4. The molecule has 1 aromatic rings. The number of aryl methyl sites for hydroxylation is 1. The van der Waals surface area contributed by atoms with Gasteiger partial charge in [-0.15, -0.1) is 0 Å². The van der Waals surface area contributed by atoms with Crippen LogP contribution in [0.1, 0.15) is 18.5 Å². The molecule has 0 unspecified atom stereocenters. The minimum absolute atomic E-state index is 0.101. The molecule has 2 rings (SSSR count). The standard InChI is InChI=1S/C11H18N4O/c1-9-8-10(16)14-11(13-9)12-4-7-15-5-2-3-6-15/h8H,2-7H2,1H3,(H2,12,13,14,16). The average Bonchev–Trinajstić information content (AvgIpc) is 2.69. The van der Waals surface area contributed by atoms with Crippen LogP contribution in [0.3, 0.4) is 0 Å². The number of likely N-dealkylation sites (tertiary alicyclic amines) is 1. The van der Waals surface area contributed by atoms with Gasteiger partial charge in [-0.1, -0.05) is 0 Å². The first kappa shape index (κ1) is 11.1. The van der Waals surface area contributed by atoms with E-state index in [1.54, 1.807) is 0 Å². The van der Waals surface area contributed by atoms with Crippen molar-refractivity contribution in [3.05, 3.63) is 22.1 Å². The number of aromatic amines is 1. The Morgan fingerprint density at radius 3 is 2.94 bits per heavy atom. The van der Waals surface area contributed by atoms with E-state index in [0.717, 1.165) is 18.8 Å². The molecule has 0 bridgehead atoms. The number of aromatic nitrogens is 2. The Bertz CT molecular complexity index is 395. The zero-order valence-electron chi connectivity index (χ0n) is 9.62. The molecule has 1 aliphatic rings. The van der Waals surface area contributed by atoms with E-state index in [1.807, 2.05) is 6.92 Å². The predicted molar refractivity (Wildman–Crippen MR) is 63.8 cm³/mol. The van der Waals surface area contributed by atoms with Crippen molar-refractivity contribution in [3.63, 3.8) is 0 Å². The lowest BCUT2D eigenvalue weighted by Crippen LogP contribution is -2.27. The first-order chi connectivity index (χ1) is 7.74. The molecule has 0 radical (unpaired) electrons. The Kier molecular flexibility index (Phi) is 3.56. The third-order valence-electron chi connectivity index (χ3n) is 2.79. The molecule has 1 aromatic heterocycles. The lowest BCUT2D eigenvalue weighted by molar-refractivity contribution is 0.352. The maximum atomic E-state index is 11.2. The van der Waals surface area contributed by atoms with E-state index in [2.05, 4.69) is 20.2 Å². The average molecular weight is 222 g/mol. The highest BCUT2D eigenvalue weighted by molar-refractivity contribution is 5.24. The lowest BCUT2D eigenvalue weighted by atomic mass is 10.4. The van der Waals surface area contributed by atoms with Crippen LogP contribution in [0.4, 0.5) is 5.95 Å². The molecule has 2 N–H and O–H groups in total. The van der Waals surface area contributed by atoms with Crippen molar-refractivity contribution in [2.75, 3.05) is 31.5 Å². The Morgan fingerprint density at radius 1 is 1.50 bits per heavy atom. The second kappa shape index (κ2) is 5.12. The van der Waals surface area contributed by atoms with Gasteiger partial charge in [-0.3, -0.25) is 9.78 Å². The molecule has 88 valence electrons. The molecule has 0 aromatic carbocycles. The summed E-state index contributed by atoms with van der Waals surface area (Å²) in [6, 6.07) is 1.49. The Labute approximate surface area is 94.9 Å². The molecule has 2 heterocycles. The third kappa shape index (κ3) is 3.06. The van der Waals surface area contributed by atoms with Gasteiger partial charge in [0.05, 0.1) is 0 Å². The minimum atomic E-state index is -0.101. The quantitative estimate of drug-likeness (QED) is 0.782. The molecule has 1 saturated heterocycles. The van der Waals surface area contributed by atoms with E-state index in [9.17, 15) is 4.79 Å². The van der Waals surface area contributed by atoms with Crippen molar-refractivity contribution in [3.8, 4) is 0 Å². The van der Waals surface area contributed by atoms with Crippen LogP contribution in [0.2, 0.25) is 0 Å². The van der Waals surface area contributed by atoms with Crippen molar-refractivity contribution >= 4 is 5.95 Å². The van der Waals surface area contributed by atoms with E-state index >= 15 is 0 Å². The highest BCUT2D eigenvalue weighted by Gasteiger charge is 2.10. The summed E-state index contributed by atoms with van der Waals surface area (Å²) in [5.74, 6) is 0.573. The largest absolute Gasteiger partial charge is 0.354 e. The molecule has 0 saturated carbocycles. The van der Waals surface area contributed by atoms with Crippen LogP contribution < -0.4 is 10.9 Å². The zero-order chi connectivity index (χ0) is 11.4. The normalized spacial score (nSPS) is 16.6. The molecule has 1 fully saturated rings. The van der Waals surface area contributed by atoms with Gasteiger partial charge < -0.3 is 10.2 Å². The van der Waals surface area contributed by atoms with Crippen LogP contribution in [0.5, 0.6) is 0 Å². The maximum absolute atomic E-state index is 11.2. The topological polar surface area (TPSA) is 61.0 Å². The van der Waals surface area contributed by atoms with Crippen molar-refractivity contribution in [2.24, 2.45) is 0 Å². The van der Waals surface area contributed by atoms with E-state index < -0.39 is 0 Å². The van der Waals surface area contributed by atoms with Crippen LogP contribution >= 0.6 is 0 Å². The Hall–Kier alpha value is -1.36. The van der Waals surface area contributed by atoms with Gasteiger partial charge in [0, 0.05) is 24.8 Å². The molecular formula is C11H18N4O.